The van der Waals surface area contributed by atoms with E-state index in [0.29, 0.717) is 11.7 Å². The van der Waals surface area contributed by atoms with Gasteiger partial charge in [0.15, 0.2) is 5.75 Å². The highest BCUT2D eigenvalue weighted by Crippen LogP contribution is 2.36. The SMILES string of the molecule is O=C1NC2CSC(CCCCC(=O)Oc3c(Cl)cc(S(=O)(=O)[O-])cc3Cl)C2N1. The quantitative estimate of drug-likeness (QED) is 0.207. The predicted molar refractivity (Wildman–Crippen MR) is 104 cm³/mol. The van der Waals surface area contributed by atoms with Crippen molar-refractivity contribution in [2.75, 3.05) is 5.75 Å². The Morgan fingerprint density at radius 3 is 2.57 bits per heavy atom. The van der Waals surface area contributed by atoms with Gasteiger partial charge in [0.05, 0.1) is 27.0 Å². The van der Waals surface area contributed by atoms with Crippen molar-refractivity contribution in [1.29, 1.82) is 0 Å². The second-order valence-electron chi connectivity index (χ2n) is 6.51. The molecule has 2 fully saturated rings. The van der Waals surface area contributed by atoms with E-state index in [1.165, 1.54) is 0 Å². The standard InChI is InChI=1S/C16H18Cl2N2O6S2/c17-9-5-8(28(23,24)25)6-10(18)15(9)26-13(21)4-2-1-3-12-14-11(7-27-12)19-16(22)20-14/h5-6,11-12,14H,1-4,7H2,(H2,19,20,22)(H,23,24,25)/p-1. The first-order valence-corrected chi connectivity index (χ1v) is 11.7. The van der Waals surface area contributed by atoms with Crippen molar-refractivity contribution in [1.82, 2.24) is 10.6 Å². The lowest BCUT2D eigenvalue weighted by Crippen LogP contribution is -2.36. The smallest absolute Gasteiger partial charge is 0.315 e. The molecule has 0 saturated carbocycles. The van der Waals surface area contributed by atoms with Crippen LogP contribution >= 0.6 is 35.0 Å². The Kier molecular flexibility index (Phi) is 6.65. The van der Waals surface area contributed by atoms with Crippen LogP contribution in [0, 0.1) is 0 Å². The molecule has 1 aromatic rings. The van der Waals surface area contributed by atoms with E-state index >= 15 is 0 Å². The minimum absolute atomic E-state index is 0.123. The maximum Gasteiger partial charge on any atom is 0.315 e. The van der Waals surface area contributed by atoms with E-state index in [9.17, 15) is 22.6 Å². The van der Waals surface area contributed by atoms with E-state index in [1.54, 1.807) is 11.8 Å². The number of esters is 1. The number of benzene rings is 1. The molecule has 0 bridgehead atoms. The number of amides is 2. The van der Waals surface area contributed by atoms with Crippen LogP contribution in [0.2, 0.25) is 10.0 Å². The summed E-state index contributed by atoms with van der Waals surface area (Å²) in [4.78, 5) is 22.8. The van der Waals surface area contributed by atoms with Gasteiger partial charge in [-0.05, 0) is 25.0 Å². The van der Waals surface area contributed by atoms with Crippen LogP contribution in [0.15, 0.2) is 17.0 Å². The molecule has 0 aromatic heterocycles. The lowest BCUT2D eigenvalue weighted by atomic mass is 10.0. The second-order valence-corrected chi connectivity index (χ2v) is 9.98. The molecule has 3 unspecified atom stereocenters. The minimum Gasteiger partial charge on any atom is -0.744 e. The fourth-order valence-electron chi connectivity index (χ4n) is 3.20. The van der Waals surface area contributed by atoms with Crippen molar-refractivity contribution in [2.24, 2.45) is 0 Å². The third kappa shape index (κ3) is 5.04. The Morgan fingerprint density at radius 2 is 1.93 bits per heavy atom. The monoisotopic (exact) mass is 467 g/mol. The molecular formula is C16H17Cl2N2O6S2-. The van der Waals surface area contributed by atoms with E-state index in [2.05, 4.69) is 10.6 Å². The summed E-state index contributed by atoms with van der Waals surface area (Å²) in [5.41, 5.74) is 0. The molecule has 0 spiro atoms. The van der Waals surface area contributed by atoms with Gasteiger partial charge in [0, 0.05) is 17.4 Å². The van der Waals surface area contributed by atoms with Gasteiger partial charge >= 0.3 is 12.0 Å². The molecule has 2 aliphatic rings. The fourth-order valence-corrected chi connectivity index (χ4v) is 5.96. The molecule has 28 heavy (non-hydrogen) atoms. The van der Waals surface area contributed by atoms with Gasteiger partial charge in [-0.25, -0.2) is 13.2 Å². The number of nitrogens with one attached hydrogen (secondary N) is 2. The number of carbonyl (C=O) groups is 2. The Morgan fingerprint density at radius 1 is 1.25 bits per heavy atom. The predicted octanol–water partition coefficient (Wildman–Crippen LogP) is 2.53. The van der Waals surface area contributed by atoms with E-state index < -0.39 is 21.0 Å². The van der Waals surface area contributed by atoms with E-state index in [4.69, 9.17) is 27.9 Å². The molecule has 1 aromatic carbocycles. The molecule has 2 saturated heterocycles. The van der Waals surface area contributed by atoms with Crippen LogP contribution in [0.5, 0.6) is 5.75 Å². The lowest BCUT2D eigenvalue weighted by Gasteiger charge is -2.16. The van der Waals surface area contributed by atoms with Crippen molar-refractivity contribution in [2.45, 2.75) is 47.9 Å². The highest BCUT2D eigenvalue weighted by molar-refractivity contribution is 8.00. The molecule has 2 amide bonds. The molecule has 0 radical (unpaired) electrons. The lowest BCUT2D eigenvalue weighted by molar-refractivity contribution is -0.134. The van der Waals surface area contributed by atoms with Crippen molar-refractivity contribution < 1.29 is 27.3 Å². The highest BCUT2D eigenvalue weighted by atomic mass is 35.5. The summed E-state index contributed by atoms with van der Waals surface area (Å²) < 4.78 is 38.2. The molecule has 0 aliphatic carbocycles. The number of halogens is 2. The van der Waals surface area contributed by atoms with Crippen LogP contribution in [0.1, 0.15) is 25.7 Å². The number of thioether (sulfide) groups is 1. The number of rotatable bonds is 7. The van der Waals surface area contributed by atoms with Crippen LogP contribution in [-0.4, -0.2) is 48.1 Å². The van der Waals surface area contributed by atoms with Crippen molar-refractivity contribution in [3.8, 4) is 5.75 Å². The number of hydrogen-bond donors (Lipinski definition) is 2. The summed E-state index contributed by atoms with van der Waals surface area (Å²) in [6, 6.07) is 1.95. The zero-order valence-corrected chi connectivity index (χ0v) is 17.6. The first-order chi connectivity index (χ1) is 13.1. The summed E-state index contributed by atoms with van der Waals surface area (Å²) in [6.45, 7) is 0. The van der Waals surface area contributed by atoms with Gasteiger partial charge in [0.25, 0.3) is 0 Å². The minimum atomic E-state index is -4.72. The zero-order valence-electron chi connectivity index (χ0n) is 14.4. The third-order valence-electron chi connectivity index (χ3n) is 4.53. The van der Waals surface area contributed by atoms with Gasteiger partial charge in [-0.2, -0.15) is 11.8 Å². The fraction of sp³-hybridized carbons (Fsp3) is 0.500. The maximum absolute atomic E-state index is 12.0. The van der Waals surface area contributed by atoms with E-state index in [1.807, 2.05) is 0 Å². The largest absolute Gasteiger partial charge is 0.744 e. The summed E-state index contributed by atoms with van der Waals surface area (Å²) in [7, 11) is -4.72. The van der Waals surface area contributed by atoms with Crippen molar-refractivity contribution in [3.63, 3.8) is 0 Å². The zero-order chi connectivity index (χ0) is 20.5. The number of urea groups is 1. The van der Waals surface area contributed by atoms with Crippen LogP contribution in [0.25, 0.3) is 0 Å². The molecule has 3 atom stereocenters. The molecule has 2 aliphatic heterocycles. The van der Waals surface area contributed by atoms with Crippen molar-refractivity contribution >= 4 is 57.1 Å². The third-order valence-corrected chi connectivity index (χ3v) is 7.42. The Hall–Kier alpha value is -1.20. The topological polar surface area (TPSA) is 125 Å². The number of hydrogen-bond acceptors (Lipinski definition) is 7. The van der Waals surface area contributed by atoms with E-state index in [-0.39, 0.29) is 40.3 Å². The maximum atomic E-state index is 12.0. The summed E-state index contributed by atoms with van der Waals surface area (Å²) in [6.07, 6.45) is 2.35. The van der Waals surface area contributed by atoms with Gasteiger partial charge in [0.2, 0.25) is 0 Å². The first-order valence-electron chi connectivity index (χ1n) is 8.49. The molecule has 3 rings (SSSR count). The Bertz CT molecular complexity index is 872. The van der Waals surface area contributed by atoms with Crippen LogP contribution in [0.4, 0.5) is 4.79 Å². The van der Waals surface area contributed by atoms with Gasteiger partial charge in [-0.3, -0.25) is 4.79 Å². The van der Waals surface area contributed by atoms with Gasteiger partial charge in [0.1, 0.15) is 10.1 Å². The van der Waals surface area contributed by atoms with Gasteiger partial charge in [-0.15, -0.1) is 0 Å². The van der Waals surface area contributed by atoms with Crippen LogP contribution < -0.4 is 15.4 Å². The average Bonchev–Trinajstić information content (AvgIpc) is 3.13. The van der Waals surface area contributed by atoms with Gasteiger partial charge < -0.3 is 19.9 Å². The van der Waals surface area contributed by atoms with E-state index in [0.717, 1.165) is 30.7 Å². The second kappa shape index (κ2) is 8.66. The average molecular weight is 468 g/mol. The molecule has 2 N–H and O–H groups in total. The molecule has 2 heterocycles. The molecular weight excluding hydrogens is 451 g/mol. The van der Waals surface area contributed by atoms with Crippen molar-refractivity contribution in [3.05, 3.63) is 22.2 Å². The normalized spacial score (nSPS) is 23.8. The number of ether oxygens (including phenoxy) is 1. The van der Waals surface area contributed by atoms with Gasteiger partial charge in [-0.1, -0.05) is 29.6 Å². The Labute approximate surface area is 176 Å². The van der Waals surface area contributed by atoms with Crippen LogP contribution in [0.3, 0.4) is 0 Å². The summed E-state index contributed by atoms with van der Waals surface area (Å²) in [5, 5.41) is 5.65. The molecule has 8 nitrogen and oxygen atoms in total. The number of unbranched alkanes of at least 4 members (excludes halogenated alkanes) is 1. The Balaban J connectivity index is 1.47. The first kappa shape index (κ1) is 21.5. The molecule has 12 heteroatoms. The molecule has 154 valence electrons. The summed E-state index contributed by atoms with van der Waals surface area (Å²) in [5.74, 6) is 0.145. The summed E-state index contributed by atoms with van der Waals surface area (Å²) >= 11 is 13.6. The number of carbonyl (C=O) groups excluding carboxylic acids is 2. The number of fused-ring (bicyclic) bond motifs is 1. The highest BCUT2D eigenvalue weighted by Gasteiger charge is 2.42. The van der Waals surface area contributed by atoms with Crippen LogP contribution in [-0.2, 0) is 14.9 Å².